The molecule has 0 aliphatic carbocycles. The van der Waals surface area contributed by atoms with Gasteiger partial charge in [0.1, 0.15) is 12.3 Å². The van der Waals surface area contributed by atoms with E-state index < -0.39 is 0 Å². The quantitative estimate of drug-likeness (QED) is 0.474. The fourth-order valence-electron chi connectivity index (χ4n) is 5.63. The van der Waals surface area contributed by atoms with Crippen molar-refractivity contribution in [2.24, 2.45) is 0 Å². The second kappa shape index (κ2) is 11.2. The van der Waals surface area contributed by atoms with Gasteiger partial charge in [-0.2, -0.15) is 0 Å². The van der Waals surface area contributed by atoms with Crippen LogP contribution < -0.4 is 25.2 Å². The third-order valence-corrected chi connectivity index (χ3v) is 7.93. The highest BCUT2D eigenvalue weighted by atomic mass is 16.5. The fraction of sp³-hybridized carbons (Fsp3) is 0.483. The number of likely N-dealkylation sites (N-methyl/N-ethyl adjacent to an activating group) is 1. The molecular weight excluding hydrogens is 492 g/mol. The Morgan fingerprint density at radius 1 is 1.08 bits per heavy atom. The monoisotopic (exact) mass is 530 g/mol. The summed E-state index contributed by atoms with van der Waals surface area (Å²) in [5.74, 6) is 1.32. The zero-order chi connectivity index (χ0) is 26.8. The van der Waals surface area contributed by atoms with Gasteiger partial charge in [0.25, 0.3) is 0 Å². The lowest BCUT2D eigenvalue weighted by molar-refractivity contribution is 0.0393. The Balaban J connectivity index is 1.12. The summed E-state index contributed by atoms with van der Waals surface area (Å²) in [6.45, 7) is 13.1. The average Bonchev–Trinajstić information content (AvgIpc) is 2.96. The number of hydrogen-bond acceptors (Lipinski definition) is 10. The second-order valence-corrected chi connectivity index (χ2v) is 10.6. The number of anilines is 5. The van der Waals surface area contributed by atoms with Crippen molar-refractivity contribution in [2.75, 3.05) is 86.6 Å². The molecule has 2 aromatic heterocycles. The largest absolute Gasteiger partial charge is 0.474 e. The predicted molar refractivity (Wildman–Crippen MR) is 155 cm³/mol. The molecule has 10 heteroatoms. The van der Waals surface area contributed by atoms with Crippen molar-refractivity contribution in [3.05, 3.63) is 53.0 Å². The number of pyridine rings is 1. The zero-order valence-electron chi connectivity index (χ0n) is 23.2. The number of morpholine rings is 1. The molecule has 1 fully saturated rings. The predicted octanol–water partition coefficient (Wildman–Crippen LogP) is 3.37. The van der Waals surface area contributed by atoms with Crippen LogP contribution in [0.4, 0.5) is 28.7 Å². The molecule has 0 amide bonds. The number of hydrogen-bond donors (Lipinski definition) is 2. The van der Waals surface area contributed by atoms with E-state index in [4.69, 9.17) is 14.5 Å². The van der Waals surface area contributed by atoms with E-state index in [9.17, 15) is 0 Å². The molecule has 3 aromatic rings. The maximum absolute atomic E-state index is 5.71. The molecule has 0 radical (unpaired) electrons. The molecule has 0 atom stereocenters. The number of benzene rings is 1. The lowest BCUT2D eigenvalue weighted by atomic mass is 10.0. The highest BCUT2D eigenvalue weighted by Gasteiger charge is 2.24. The summed E-state index contributed by atoms with van der Waals surface area (Å²) in [6, 6.07) is 6.47. The van der Waals surface area contributed by atoms with Gasteiger partial charge in [0.15, 0.2) is 0 Å². The average molecular weight is 531 g/mol. The molecule has 39 heavy (non-hydrogen) atoms. The van der Waals surface area contributed by atoms with Crippen LogP contribution in [-0.4, -0.2) is 86.0 Å². The summed E-state index contributed by atoms with van der Waals surface area (Å²) in [6.07, 6.45) is 4.80. The maximum atomic E-state index is 5.71. The standard InChI is InChI=1S/C29H38N8O2/c1-20-16-23(4-5-25(20)35(3)9-10-36-11-14-38-15-12-36)33-29-32-17-22-6-8-37(19-24(22)34-29)26-18-31-28-27(21(26)2)30-7-13-39-28/h4-5,16-18,30H,6-15,19H2,1-3H3,(H,32,33,34). The normalized spacial score (nSPS) is 17.1. The summed E-state index contributed by atoms with van der Waals surface area (Å²) < 4.78 is 11.2. The first-order chi connectivity index (χ1) is 19.0. The molecule has 3 aliphatic rings. The van der Waals surface area contributed by atoms with Gasteiger partial charge < -0.3 is 29.9 Å². The van der Waals surface area contributed by atoms with Crippen LogP contribution in [0.15, 0.2) is 30.6 Å². The van der Waals surface area contributed by atoms with E-state index in [-0.39, 0.29) is 0 Å². The van der Waals surface area contributed by atoms with E-state index in [0.717, 1.165) is 88.2 Å². The third kappa shape index (κ3) is 5.58. The molecular formula is C29H38N8O2. The topological polar surface area (TPSA) is 90.9 Å². The minimum absolute atomic E-state index is 0.624. The van der Waals surface area contributed by atoms with E-state index in [1.807, 2.05) is 12.4 Å². The third-order valence-electron chi connectivity index (χ3n) is 7.93. The van der Waals surface area contributed by atoms with Crippen molar-refractivity contribution < 1.29 is 9.47 Å². The Morgan fingerprint density at radius 2 is 1.95 bits per heavy atom. The molecule has 0 unspecified atom stereocenters. The van der Waals surface area contributed by atoms with Gasteiger partial charge in [0.05, 0.1) is 37.3 Å². The summed E-state index contributed by atoms with van der Waals surface area (Å²) >= 11 is 0. The van der Waals surface area contributed by atoms with E-state index in [1.165, 1.54) is 22.4 Å². The van der Waals surface area contributed by atoms with Crippen molar-refractivity contribution in [3.63, 3.8) is 0 Å². The molecule has 0 bridgehead atoms. The number of nitrogens with zero attached hydrogens (tertiary/aromatic N) is 6. The molecule has 1 saturated heterocycles. The van der Waals surface area contributed by atoms with Gasteiger partial charge in [-0.3, -0.25) is 4.90 Å². The van der Waals surface area contributed by atoms with Crippen LogP contribution >= 0.6 is 0 Å². The van der Waals surface area contributed by atoms with Crippen LogP contribution in [0.25, 0.3) is 0 Å². The van der Waals surface area contributed by atoms with Gasteiger partial charge >= 0.3 is 0 Å². The molecule has 1 aromatic carbocycles. The number of nitrogens with one attached hydrogen (secondary N) is 2. The minimum Gasteiger partial charge on any atom is -0.474 e. The molecule has 0 saturated carbocycles. The summed E-state index contributed by atoms with van der Waals surface area (Å²) in [7, 11) is 2.16. The van der Waals surface area contributed by atoms with Crippen LogP contribution in [0.1, 0.15) is 22.4 Å². The van der Waals surface area contributed by atoms with Gasteiger partial charge in [-0.05, 0) is 49.6 Å². The van der Waals surface area contributed by atoms with Gasteiger partial charge in [0, 0.05) is 69.5 Å². The number of fused-ring (bicyclic) bond motifs is 2. The van der Waals surface area contributed by atoms with E-state index >= 15 is 0 Å². The van der Waals surface area contributed by atoms with Gasteiger partial charge in [0.2, 0.25) is 11.8 Å². The molecule has 2 N–H and O–H groups in total. The SMILES string of the molecule is Cc1cc(Nc2ncc3c(n2)CN(c2cnc4c(c2C)NCCO4)CC3)ccc1N(C)CCN1CCOCC1. The van der Waals surface area contributed by atoms with Gasteiger partial charge in [-0.1, -0.05) is 0 Å². The second-order valence-electron chi connectivity index (χ2n) is 10.6. The first kappa shape index (κ1) is 25.6. The number of rotatable bonds is 7. The van der Waals surface area contributed by atoms with Crippen LogP contribution in [-0.2, 0) is 17.7 Å². The zero-order valence-corrected chi connectivity index (χ0v) is 23.2. The van der Waals surface area contributed by atoms with Crippen molar-refractivity contribution in [3.8, 4) is 5.88 Å². The van der Waals surface area contributed by atoms with Crippen LogP contribution in [0.2, 0.25) is 0 Å². The van der Waals surface area contributed by atoms with E-state index in [0.29, 0.717) is 18.4 Å². The number of aryl methyl sites for hydroxylation is 1. The smallest absolute Gasteiger partial charge is 0.237 e. The molecule has 3 aliphatic heterocycles. The van der Waals surface area contributed by atoms with Gasteiger partial charge in [-0.15, -0.1) is 0 Å². The first-order valence-electron chi connectivity index (χ1n) is 13.9. The Labute approximate surface area is 230 Å². The molecule has 0 spiro atoms. The van der Waals surface area contributed by atoms with Crippen LogP contribution in [0.5, 0.6) is 5.88 Å². The highest BCUT2D eigenvalue weighted by Crippen LogP contribution is 2.36. The summed E-state index contributed by atoms with van der Waals surface area (Å²) in [4.78, 5) is 21.3. The van der Waals surface area contributed by atoms with Crippen molar-refractivity contribution in [1.29, 1.82) is 0 Å². The Hall–Kier alpha value is -3.63. The van der Waals surface area contributed by atoms with Crippen molar-refractivity contribution in [2.45, 2.75) is 26.8 Å². The maximum Gasteiger partial charge on any atom is 0.237 e. The van der Waals surface area contributed by atoms with Crippen molar-refractivity contribution in [1.82, 2.24) is 19.9 Å². The molecule has 6 rings (SSSR count). The Bertz CT molecular complexity index is 1330. The fourth-order valence-corrected chi connectivity index (χ4v) is 5.63. The lowest BCUT2D eigenvalue weighted by Crippen LogP contribution is -2.40. The molecule has 5 heterocycles. The summed E-state index contributed by atoms with van der Waals surface area (Å²) in [5, 5.41) is 6.88. The molecule has 206 valence electrons. The number of aromatic nitrogens is 3. The van der Waals surface area contributed by atoms with E-state index in [1.54, 1.807) is 0 Å². The van der Waals surface area contributed by atoms with Crippen LogP contribution in [0.3, 0.4) is 0 Å². The van der Waals surface area contributed by atoms with E-state index in [2.05, 4.69) is 74.4 Å². The number of ether oxygens (including phenoxy) is 2. The highest BCUT2D eigenvalue weighted by molar-refractivity contribution is 5.70. The first-order valence-corrected chi connectivity index (χ1v) is 13.9. The summed E-state index contributed by atoms with van der Waals surface area (Å²) in [5.41, 5.74) is 9.00. The molecule has 10 nitrogen and oxygen atoms in total. The van der Waals surface area contributed by atoms with Crippen molar-refractivity contribution >= 4 is 28.7 Å². The lowest BCUT2D eigenvalue weighted by Gasteiger charge is -2.32. The van der Waals surface area contributed by atoms with Gasteiger partial charge in [-0.25, -0.2) is 15.0 Å². The minimum atomic E-state index is 0.624. The Kier molecular flexibility index (Phi) is 7.38. The van der Waals surface area contributed by atoms with Crippen LogP contribution in [0, 0.1) is 13.8 Å². The Morgan fingerprint density at radius 3 is 2.79 bits per heavy atom.